The van der Waals surface area contributed by atoms with Crippen molar-refractivity contribution in [1.82, 2.24) is 4.57 Å². The number of benzene rings is 8. The van der Waals surface area contributed by atoms with Crippen LogP contribution in [0.2, 0.25) is 0 Å². The predicted molar refractivity (Wildman–Crippen MR) is 204 cm³/mol. The first-order chi connectivity index (χ1) is 24.3. The second kappa shape index (κ2) is 11.0. The Bertz CT molecular complexity index is 2680. The van der Waals surface area contributed by atoms with Crippen LogP contribution in [0.25, 0.3) is 60.5 Å². The van der Waals surface area contributed by atoms with Gasteiger partial charge in [0.05, 0.1) is 28.1 Å². The Labute approximate surface area is 284 Å². The third kappa shape index (κ3) is 4.29. The lowest BCUT2D eigenvalue weighted by Crippen LogP contribution is -2.11. The summed E-state index contributed by atoms with van der Waals surface area (Å²) in [5, 5.41) is 4.84. The Morgan fingerprint density at radius 2 is 1.06 bits per heavy atom. The summed E-state index contributed by atoms with van der Waals surface area (Å²) < 4.78 is 8.76. The highest BCUT2D eigenvalue weighted by Crippen LogP contribution is 2.48. The molecule has 3 heteroatoms. The van der Waals surface area contributed by atoms with E-state index in [1.54, 1.807) is 0 Å². The van der Waals surface area contributed by atoms with Crippen LogP contribution in [0.5, 0.6) is 11.5 Å². The fourth-order valence-electron chi connectivity index (χ4n) is 7.64. The summed E-state index contributed by atoms with van der Waals surface area (Å²) >= 11 is 0. The highest BCUT2D eigenvalue weighted by molar-refractivity contribution is 6.17. The van der Waals surface area contributed by atoms with Crippen molar-refractivity contribution >= 4 is 49.6 Å². The van der Waals surface area contributed by atoms with Gasteiger partial charge >= 0.3 is 0 Å². The van der Waals surface area contributed by atoms with E-state index in [0.717, 1.165) is 39.8 Å². The van der Waals surface area contributed by atoms with Crippen molar-refractivity contribution < 1.29 is 4.74 Å². The summed E-state index contributed by atoms with van der Waals surface area (Å²) in [4.78, 5) is 2.41. The van der Waals surface area contributed by atoms with Crippen LogP contribution in [0.4, 0.5) is 17.1 Å². The van der Waals surface area contributed by atoms with E-state index < -0.39 is 0 Å². The predicted octanol–water partition coefficient (Wildman–Crippen LogP) is 12.8. The van der Waals surface area contributed by atoms with Crippen LogP contribution in [0.15, 0.2) is 182 Å². The largest absolute Gasteiger partial charge is 0.453 e. The van der Waals surface area contributed by atoms with E-state index in [2.05, 4.69) is 179 Å². The second-order valence-electron chi connectivity index (χ2n) is 12.5. The lowest BCUT2D eigenvalue weighted by atomic mass is 9.98. The Morgan fingerprint density at radius 1 is 0.429 bits per heavy atom. The van der Waals surface area contributed by atoms with Crippen molar-refractivity contribution in [3.05, 3.63) is 182 Å². The normalized spacial score (nSPS) is 11.8. The van der Waals surface area contributed by atoms with Crippen molar-refractivity contribution in [3.63, 3.8) is 0 Å². The number of hydrogen-bond donors (Lipinski definition) is 0. The van der Waals surface area contributed by atoms with Crippen molar-refractivity contribution in [3.8, 4) is 39.4 Å². The zero-order valence-electron chi connectivity index (χ0n) is 26.6. The van der Waals surface area contributed by atoms with Crippen LogP contribution in [0.3, 0.4) is 0 Å². The molecule has 10 rings (SSSR count). The zero-order chi connectivity index (χ0) is 32.3. The van der Waals surface area contributed by atoms with Gasteiger partial charge in [0, 0.05) is 27.4 Å². The first-order valence-corrected chi connectivity index (χ1v) is 16.7. The van der Waals surface area contributed by atoms with Gasteiger partial charge in [0.25, 0.3) is 0 Å². The van der Waals surface area contributed by atoms with Gasteiger partial charge in [-0.05, 0) is 70.6 Å². The van der Waals surface area contributed by atoms with Gasteiger partial charge < -0.3 is 14.2 Å². The number of anilines is 3. The van der Waals surface area contributed by atoms with E-state index in [0.29, 0.717) is 0 Å². The molecule has 0 spiro atoms. The van der Waals surface area contributed by atoms with Crippen molar-refractivity contribution in [1.29, 1.82) is 0 Å². The fraction of sp³-hybridized carbons (Fsp3) is 0. The van der Waals surface area contributed by atoms with Gasteiger partial charge in [-0.15, -0.1) is 0 Å². The molecule has 1 aliphatic heterocycles. The highest BCUT2D eigenvalue weighted by atomic mass is 16.5. The number of nitrogens with zero attached hydrogens (tertiary/aromatic N) is 2. The topological polar surface area (TPSA) is 17.4 Å². The molecule has 49 heavy (non-hydrogen) atoms. The molecule has 0 fully saturated rings. The van der Waals surface area contributed by atoms with E-state index >= 15 is 0 Å². The fourth-order valence-corrected chi connectivity index (χ4v) is 7.64. The van der Waals surface area contributed by atoms with E-state index in [9.17, 15) is 0 Å². The van der Waals surface area contributed by atoms with Gasteiger partial charge in [0.2, 0.25) is 0 Å². The lowest BCUT2D eigenvalue weighted by Gasteiger charge is -2.29. The summed E-state index contributed by atoms with van der Waals surface area (Å²) in [5.74, 6) is 1.76. The molecular formula is C46H30N2O. The van der Waals surface area contributed by atoms with E-state index in [4.69, 9.17) is 4.74 Å². The maximum atomic E-state index is 6.40. The van der Waals surface area contributed by atoms with Crippen LogP contribution in [0.1, 0.15) is 0 Å². The van der Waals surface area contributed by atoms with Crippen LogP contribution < -0.4 is 9.64 Å². The maximum absolute atomic E-state index is 6.40. The van der Waals surface area contributed by atoms with Gasteiger partial charge in [-0.3, -0.25) is 0 Å². The quantitative estimate of drug-likeness (QED) is 0.189. The third-order valence-electron chi connectivity index (χ3n) is 9.78. The Kier molecular flexibility index (Phi) is 6.18. The Balaban J connectivity index is 1.17. The summed E-state index contributed by atoms with van der Waals surface area (Å²) in [7, 11) is 0. The van der Waals surface area contributed by atoms with E-state index in [1.165, 1.54) is 49.3 Å². The minimum atomic E-state index is 0.874. The molecule has 0 atom stereocenters. The SMILES string of the molecule is c1ccc(-c2ccccc2N(c2ccc(-c3cccc4c3c3cccc5c3n4-c3ccccc3O5)cc2)c2cccc3ccccc23)cc1. The summed E-state index contributed by atoms with van der Waals surface area (Å²) in [6, 6.07) is 64.9. The molecule has 1 aromatic heterocycles. The molecule has 0 aliphatic carbocycles. The van der Waals surface area contributed by atoms with Crippen LogP contribution in [0, 0.1) is 0 Å². The van der Waals surface area contributed by atoms with Gasteiger partial charge in [-0.25, -0.2) is 0 Å². The molecule has 0 amide bonds. The molecule has 9 aromatic rings. The average Bonchev–Trinajstić information content (AvgIpc) is 3.52. The van der Waals surface area contributed by atoms with Crippen molar-refractivity contribution in [2.24, 2.45) is 0 Å². The number of ether oxygens (including phenoxy) is 1. The average molecular weight is 627 g/mol. The third-order valence-corrected chi connectivity index (χ3v) is 9.78. The number of aromatic nitrogens is 1. The Morgan fingerprint density at radius 3 is 1.98 bits per heavy atom. The first kappa shape index (κ1) is 27.5. The molecule has 0 saturated heterocycles. The summed E-state index contributed by atoms with van der Waals surface area (Å²) in [6.45, 7) is 0. The number of para-hydroxylation sites is 4. The van der Waals surface area contributed by atoms with Crippen molar-refractivity contribution in [2.45, 2.75) is 0 Å². The monoisotopic (exact) mass is 626 g/mol. The molecule has 0 bridgehead atoms. The molecular weight excluding hydrogens is 597 g/mol. The zero-order valence-corrected chi connectivity index (χ0v) is 26.6. The maximum Gasteiger partial charge on any atom is 0.152 e. The molecule has 0 radical (unpaired) electrons. The smallest absolute Gasteiger partial charge is 0.152 e. The highest BCUT2D eigenvalue weighted by Gasteiger charge is 2.25. The number of hydrogen-bond acceptors (Lipinski definition) is 2. The molecule has 230 valence electrons. The first-order valence-electron chi connectivity index (χ1n) is 16.7. The summed E-state index contributed by atoms with van der Waals surface area (Å²) in [6.07, 6.45) is 0. The molecule has 3 nitrogen and oxygen atoms in total. The Hall–Kier alpha value is -6.58. The second-order valence-corrected chi connectivity index (χ2v) is 12.5. The number of fused-ring (bicyclic) bond motifs is 6. The van der Waals surface area contributed by atoms with E-state index in [1.807, 2.05) is 12.1 Å². The lowest BCUT2D eigenvalue weighted by molar-refractivity contribution is 0.476. The molecule has 0 saturated carbocycles. The molecule has 2 heterocycles. The van der Waals surface area contributed by atoms with Crippen LogP contribution >= 0.6 is 0 Å². The van der Waals surface area contributed by atoms with Crippen molar-refractivity contribution in [2.75, 3.05) is 4.90 Å². The van der Waals surface area contributed by atoms with Gasteiger partial charge in [0.1, 0.15) is 0 Å². The molecule has 0 unspecified atom stereocenters. The molecule has 0 N–H and O–H groups in total. The van der Waals surface area contributed by atoms with E-state index in [-0.39, 0.29) is 0 Å². The van der Waals surface area contributed by atoms with Crippen LogP contribution in [-0.2, 0) is 0 Å². The molecule has 8 aromatic carbocycles. The van der Waals surface area contributed by atoms with Crippen LogP contribution in [-0.4, -0.2) is 4.57 Å². The standard InChI is InChI=1S/C46H30N2O/c1-2-13-31(14-3-1)35-18-6-7-21-39(35)47(40-23-10-16-32-15-4-5-17-36(32)40)34-29-27-33(28-30-34)37-19-11-24-42-45(37)38-20-12-26-44-46(38)48(42)41-22-8-9-25-43(41)49-44/h1-30H. The minimum absolute atomic E-state index is 0.874. The molecule has 1 aliphatic rings. The van der Waals surface area contributed by atoms with Gasteiger partial charge in [0.15, 0.2) is 11.5 Å². The van der Waals surface area contributed by atoms with Gasteiger partial charge in [-0.1, -0.05) is 133 Å². The van der Waals surface area contributed by atoms with Gasteiger partial charge in [-0.2, -0.15) is 0 Å². The summed E-state index contributed by atoms with van der Waals surface area (Å²) in [5.41, 5.74) is 11.5. The number of rotatable bonds is 5. The minimum Gasteiger partial charge on any atom is -0.453 e.